The quantitative estimate of drug-likeness (QED) is 0.604. The van der Waals surface area contributed by atoms with E-state index in [-0.39, 0.29) is 31.0 Å². The van der Waals surface area contributed by atoms with Crippen LogP contribution in [0.15, 0.2) is 54.6 Å². The molecule has 0 bridgehead atoms. The molecule has 1 saturated heterocycles. The first-order valence-electron chi connectivity index (χ1n) is 10.5. The summed E-state index contributed by atoms with van der Waals surface area (Å²) in [6, 6.07) is 16.3. The Labute approximate surface area is 181 Å². The number of piperidine rings is 1. The molecule has 0 radical (unpaired) electrons. The first kappa shape index (κ1) is 22.3. The molecule has 0 unspecified atom stereocenters. The van der Waals surface area contributed by atoms with Gasteiger partial charge in [-0.15, -0.1) is 0 Å². The van der Waals surface area contributed by atoms with Gasteiger partial charge in [-0.25, -0.2) is 4.79 Å². The average Bonchev–Trinajstić information content (AvgIpc) is 2.82. The Morgan fingerprint density at radius 3 is 2.32 bits per heavy atom. The van der Waals surface area contributed by atoms with Crippen molar-refractivity contribution in [3.05, 3.63) is 65.7 Å². The maximum absolute atomic E-state index is 12.6. The highest BCUT2D eigenvalue weighted by molar-refractivity contribution is 5.92. The Bertz CT molecular complexity index is 890. The fraction of sp³-hybridized carbons (Fsp3) is 0.375. The van der Waals surface area contributed by atoms with E-state index < -0.39 is 5.97 Å². The van der Waals surface area contributed by atoms with E-state index in [1.165, 1.54) is 0 Å². The van der Waals surface area contributed by atoms with Crippen LogP contribution in [0.3, 0.4) is 0 Å². The first-order valence-corrected chi connectivity index (χ1v) is 10.5. The van der Waals surface area contributed by atoms with Gasteiger partial charge in [0, 0.05) is 18.7 Å². The van der Waals surface area contributed by atoms with Crippen LogP contribution in [0, 0.1) is 5.92 Å². The predicted molar refractivity (Wildman–Crippen MR) is 113 cm³/mol. The van der Waals surface area contributed by atoms with Crippen molar-refractivity contribution >= 4 is 17.8 Å². The standard InChI is InChI=1S/C24H27NO6/c1-2-29-23(27)18-12-14-25(15-13-18)22(26)17-31-24(28)21-11-7-6-8-19(21)16-30-20-9-4-3-5-10-20/h3-11,18H,2,12-17H2,1H3. The Balaban J connectivity index is 1.49. The van der Waals surface area contributed by atoms with Crippen LogP contribution in [0.4, 0.5) is 0 Å². The molecule has 0 N–H and O–H groups in total. The van der Waals surface area contributed by atoms with E-state index in [2.05, 4.69) is 0 Å². The fourth-order valence-corrected chi connectivity index (χ4v) is 3.44. The van der Waals surface area contributed by atoms with Gasteiger partial charge in [0.15, 0.2) is 6.61 Å². The molecule has 0 atom stereocenters. The largest absolute Gasteiger partial charge is 0.489 e. The van der Waals surface area contributed by atoms with Crippen LogP contribution in [0.25, 0.3) is 0 Å². The molecule has 31 heavy (non-hydrogen) atoms. The monoisotopic (exact) mass is 425 g/mol. The zero-order valence-electron chi connectivity index (χ0n) is 17.6. The molecule has 0 aliphatic carbocycles. The van der Waals surface area contributed by atoms with Crippen LogP contribution in [-0.4, -0.2) is 49.0 Å². The van der Waals surface area contributed by atoms with Crippen molar-refractivity contribution < 1.29 is 28.6 Å². The number of carbonyl (C=O) groups excluding carboxylic acids is 3. The average molecular weight is 425 g/mol. The molecule has 0 aromatic heterocycles. The number of benzene rings is 2. The van der Waals surface area contributed by atoms with E-state index in [4.69, 9.17) is 14.2 Å². The molecule has 2 aromatic rings. The normalized spacial score (nSPS) is 14.0. The molecule has 1 aliphatic heterocycles. The number of likely N-dealkylation sites (tertiary alicyclic amines) is 1. The van der Waals surface area contributed by atoms with Crippen LogP contribution in [-0.2, 0) is 25.7 Å². The van der Waals surface area contributed by atoms with Gasteiger partial charge in [-0.05, 0) is 38.0 Å². The number of nitrogens with zero attached hydrogens (tertiary/aromatic N) is 1. The molecule has 1 fully saturated rings. The summed E-state index contributed by atoms with van der Waals surface area (Å²) in [7, 11) is 0. The molecule has 1 aliphatic rings. The minimum absolute atomic E-state index is 0.178. The zero-order valence-corrected chi connectivity index (χ0v) is 17.6. The fourth-order valence-electron chi connectivity index (χ4n) is 3.44. The van der Waals surface area contributed by atoms with Crippen LogP contribution in [0.1, 0.15) is 35.7 Å². The van der Waals surface area contributed by atoms with Gasteiger partial charge in [0.1, 0.15) is 12.4 Å². The van der Waals surface area contributed by atoms with E-state index in [0.29, 0.717) is 49.4 Å². The SMILES string of the molecule is CCOC(=O)C1CCN(C(=O)COC(=O)c2ccccc2COc2ccccc2)CC1. The maximum Gasteiger partial charge on any atom is 0.339 e. The van der Waals surface area contributed by atoms with Crippen molar-refractivity contribution in [1.29, 1.82) is 0 Å². The topological polar surface area (TPSA) is 82.1 Å². The minimum Gasteiger partial charge on any atom is -0.489 e. The molecule has 7 nitrogen and oxygen atoms in total. The smallest absolute Gasteiger partial charge is 0.339 e. The lowest BCUT2D eigenvalue weighted by Gasteiger charge is -2.30. The number of rotatable bonds is 8. The van der Waals surface area contributed by atoms with E-state index in [1.54, 1.807) is 30.0 Å². The summed E-state index contributed by atoms with van der Waals surface area (Å²) >= 11 is 0. The van der Waals surface area contributed by atoms with Crippen molar-refractivity contribution in [2.75, 3.05) is 26.3 Å². The highest BCUT2D eigenvalue weighted by atomic mass is 16.5. The van der Waals surface area contributed by atoms with Gasteiger partial charge in [-0.3, -0.25) is 9.59 Å². The second kappa shape index (κ2) is 11.2. The van der Waals surface area contributed by atoms with Gasteiger partial charge in [0.2, 0.25) is 0 Å². The van der Waals surface area contributed by atoms with E-state index in [9.17, 15) is 14.4 Å². The number of para-hydroxylation sites is 1. The lowest BCUT2D eigenvalue weighted by Crippen LogP contribution is -2.42. The van der Waals surface area contributed by atoms with Gasteiger partial charge >= 0.3 is 11.9 Å². The van der Waals surface area contributed by atoms with Crippen molar-refractivity contribution in [1.82, 2.24) is 4.90 Å². The molecular weight excluding hydrogens is 398 g/mol. The van der Waals surface area contributed by atoms with E-state index in [0.717, 1.165) is 0 Å². The van der Waals surface area contributed by atoms with E-state index >= 15 is 0 Å². The lowest BCUT2D eigenvalue weighted by molar-refractivity contribution is -0.151. The van der Waals surface area contributed by atoms with Gasteiger partial charge in [-0.2, -0.15) is 0 Å². The molecule has 1 amide bonds. The van der Waals surface area contributed by atoms with Crippen molar-refractivity contribution in [2.45, 2.75) is 26.4 Å². The number of amides is 1. The summed E-state index contributed by atoms with van der Waals surface area (Å²) in [4.78, 5) is 38.4. The third kappa shape index (κ3) is 6.31. The summed E-state index contributed by atoms with van der Waals surface area (Å²) in [5, 5.41) is 0. The number of hydrogen-bond acceptors (Lipinski definition) is 6. The van der Waals surface area contributed by atoms with Crippen molar-refractivity contribution in [3.63, 3.8) is 0 Å². The maximum atomic E-state index is 12.6. The molecule has 3 rings (SSSR count). The number of esters is 2. The molecule has 164 valence electrons. The first-order chi connectivity index (χ1) is 15.1. The molecule has 7 heteroatoms. The Morgan fingerprint density at radius 2 is 1.61 bits per heavy atom. The minimum atomic E-state index is -0.568. The number of hydrogen-bond donors (Lipinski definition) is 0. The van der Waals surface area contributed by atoms with Crippen molar-refractivity contribution in [2.24, 2.45) is 5.92 Å². The van der Waals surface area contributed by atoms with Crippen LogP contribution < -0.4 is 4.74 Å². The molecule has 0 saturated carbocycles. The second-order valence-electron chi connectivity index (χ2n) is 7.24. The summed E-state index contributed by atoms with van der Waals surface area (Å²) < 4.78 is 16.0. The highest BCUT2D eigenvalue weighted by Crippen LogP contribution is 2.19. The Kier molecular flexibility index (Phi) is 8.04. The third-order valence-corrected chi connectivity index (χ3v) is 5.17. The van der Waals surface area contributed by atoms with Gasteiger partial charge in [-0.1, -0.05) is 36.4 Å². The third-order valence-electron chi connectivity index (χ3n) is 5.17. The molecule has 2 aromatic carbocycles. The van der Waals surface area contributed by atoms with E-state index in [1.807, 2.05) is 36.4 Å². The number of carbonyl (C=O) groups is 3. The van der Waals surface area contributed by atoms with Crippen molar-refractivity contribution in [3.8, 4) is 5.75 Å². The second-order valence-corrected chi connectivity index (χ2v) is 7.24. The molecule has 1 heterocycles. The molecular formula is C24H27NO6. The van der Waals surface area contributed by atoms with Crippen LogP contribution in [0.2, 0.25) is 0 Å². The summed E-state index contributed by atoms with van der Waals surface area (Å²) in [6.45, 7) is 2.90. The van der Waals surface area contributed by atoms with Crippen LogP contribution >= 0.6 is 0 Å². The molecule has 0 spiro atoms. The Hall–Kier alpha value is -3.35. The van der Waals surface area contributed by atoms with Gasteiger partial charge < -0.3 is 19.1 Å². The summed E-state index contributed by atoms with van der Waals surface area (Å²) in [5.74, 6) is -0.527. The number of ether oxygens (including phenoxy) is 3. The lowest BCUT2D eigenvalue weighted by atomic mass is 9.97. The predicted octanol–water partition coefficient (Wildman–Crippen LogP) is 3.22. The zero-order chi connectivity index (χ0) is 22.1. The summed E-state index contributed by atoms with van der Waals surface area (Å²) in [5.41, 5.74) is 1.05. The Morgan fingerprint density at radius 1 is 0.935 bits per heavy atom. The highest BCUT2D eigenvalue weighted by Gasteiger charge is 2.28. The van der Waals surface area contributed by atoms with Gasteiger partial charge in [0.25, 0.3) is 5.91 Å². The van der Waals surface area contributed by atoms with Gasteiger partial charge in [0.05, 0.1) is 18.1 Å². The summed E-state index contributed by atoms with van der Waals surface area (Å²) in [6.07, 6.45) is 1.11. The van der Waals surface area contributed by atoms with Crippen LogP contribution in [0.5, 0.6) is 5.75 Å².